The minimum Gasteiger partial charge on any atom is -0.378 e. The first-order valence-corrected chi connectivity index (χ1v) is 6.82. The summed E-state index contributed by atoms with van der Waals surface area (Å²) in [6, 6.07) is 8.08. The molecule has 0 unspecified atom stereocenters. The van der Waals surface area contributed by atoms with Crippen LogP contribution < -0.4 is 15.5 Å². The van der Waals surface area contributed by atoms with Gasteiger partial charge in [0, 0.05) is 32.7 Å². The van der Waals surface area contributed by atoms with Crippen LogP contribution in [0.5, 0.6) is 0 Å². The number of aryl methyl sites for hydroxylation is 1. The first-order valence-electron chi connectivity index (χ1n) is 6.82. The van der Waals surface area contributed by atoms with E-state index in [-0.39, 0.29) is 18.4 Å². The topological polar surface area (TPSA) is 61.4 Å². The second kappa shape index (κ2) is 8.19. The molecule has 0 bridgehead atoms. The number of rotatable bonds is 7. The quantitative estimate of drug-likeness (QED) is 0.779. The molecule has 1 aromatic rings. The molecule has 0 atom stereocenters. The molecule has 0 aliphatic heterocycles. The number of carbonyl (C=O) groups is 2. The molecule has 0 saturated heterocycles. The predicted molar refractivity (Wildman–Crippen MR) is 80.8 cm³/mol. The van der Waals surface area contributed by atoms with E-state index < -0.39 is 0 Å². The van der Waals surface area contributed by atoms with Crippen LogP contribution in [0.4, 0.5) is 5.69 Å². The smallest absolute Gasteiger partial charge is 0.239 e. The van der Waals surface area contributed by atoms with Crippen molar-refractivity contribution in [2.45, 2.75) is 19.8 Å². The molecule has 5 heteroatoms. The summed E-state index contributed by atoms with van der Waals surface area (Å²) in [6.07, 6.45) is 1.05. The summed E-state index contributed by atoms with van der Waals surface area (Å²) < 4.78 is 0. The summed E-state index contributed by atoms with van der Waals surface area (Å²) in [4.78, 5) is 24.9. The van der Waals surface area contributed by atoms with Crippen LogP contribution in [0.3, 0.4) is 0 Å². The number of amides is 2. The number of benzene rings is 1. The molecule has 0 aliphatic rings. The Morgan fingerprint density at radius 1 is 1.15 bits per heavy atom. The zero-order valence-corrected chi connectivity index (χ0v) is 12.4. The van der Waals surface area contributed by atoms with Gasteiger partial charge in [-0.25, -0.2) is 0 Å². The molecule has 2 amide bonds. The fraction of sp³-hybridized carbons (Fsp3) is 0.467. The van der Waals surface area contributed by atoms with Crippen LogP contribution in [-0.4, -0.2) is 39.0 Å². The molecule has 0 heterocycles. The minimum atomic E-state index is -0.157. The Bertz CT molecular complexity index is 458. The number of nitrogens with zero attached hydrogens (tertiary/aromatic N) is 1. The van der Waals surface area contributed by atoms with Crippen LogP contribution in [-0.2, 0) is 16.0 Å². The van der Waals surface area contributed by atoms with E-state index in [1.54, 1.807) is 0 Å². The van der Waals surface area contributed by atoms with Gasteiger partial charge >= 0.3 is 0 Å². The lowest BCUT2D eigenvalue weighted by Crippen LogP contribution is -2.36. The normalized spacial score (nSPS) is 9.95. The van der Waals surface area contributed by atoms with Crippen molar-refractivity contribution in [3.8, 4) is 0 Å². The summed E-state index contributed by atoms with van der Waals surface area (Å²) in [5, 5.41) is 5.25. The van der Waals surface area contributed by atoms with E-state index in [1.807, 2.05) is 44.1 Å². The molecule has 0 spiro atoms. The minimum absolute atomic E-state index is 0.0460. The van der Waals surface area contributed by atoms with Crippen LogP contribution >= 0.6 is 0 Å². The predicted octanol–water partition coefficient (Wildman–Crippen LogP) is 0.937. The van der Waals surface area contributed by atoms with E-state index in [0.717, 1.165) is 11.3 Å². The number of hydrogen-bond donors (Lipinski definition) is 2. The van der Waals surface area contributed by atoms with Crippen LogP contribution in [0.15, 0.2) is 24.3 Å². The molecule has 0 fully saturated rings. The summed E-state index contributed by atoms with van der Waals surface area (Å²) in [5.74, 6) is -0.262. The van der Waals surface area contributed by atoms with Crippen molar-refractivity contribution >= 4 is 17.5 Å². The van der Waals surface area contributed by atoms with Crippen LogP contribution in [0, 0.1) is 0 Å². The largest absolute Gasteiger partial charge is 0.378 e. The molecule has 1 aromatic carbocycles. The van der Waals surface area contributed by atoms with E-state index in [4.69, 9.17) is 0 Å². The zero-order chi connectivity index (χ0) is 15.0. The highest BCUT2D eigenvalue weighted by Gasteiger charge is 2.05. The van der Waals surface area contributed by atoms with Gasteiger partial charge in [0.15, 0.2) is 0 Å². The molecule has 0 radical (unpaired) electrons. The molecular formula is C15H23N3O2. The molecular weight excluding hydrogens is 254 g/mol. The van der Waals surface area contributed by atoms with Gasteiger partial charge in [-0.1, -0.05) is 12.1 Å². The molecule has 0 aromatic heterocycles. The Balaban J connectivity index is 2.37. The lowest BCUT2D eigenvalue weighted by Gasteiger charge is -2.13. The number of carbonyl (C=O) groups excluding carboxylic acids is 2. The van der Waals surface area contributed by atoms with Gasteiger partial charge in [0.1, 0.15) is 0 Å². The SMILES string of the molecule is CCNC(=O)CNC(=O)CCc1cccc(N(C)C)c1. The number of hydrogen-bond acceptors (Lipinski definition) is 3. The molecule has 110 valence electrons. The van der Waals surface area contributed by atoms with Gasteiger partial charge in [0.25, 0.3) is 0 Å². The summed E-state index contributed by atoms with van der Waals surface area (Å²) in [7, 11) is 3.97. The third kappa shape index (κ3) is 5.73. The molecule has 20 heavy (non-hydrogen) atoms. The summed E-state index contributed by atoms with van der Waals surface area (Å²) >= 11 is 0. The molecule has 1 rings (SSSR count). The van der Waals surface area contributed by atoms with Gasteiger partial charge in [-0.05, 0) is 31.0 Å². The number of likely N-dealkylation sites (N-methyl/N-ethyl adjacent to an activating group) is 1. The monoisotopic (exact) mass is 277 g/mol. The molecule has 5 nitrogen and oxygen atoms in total. The maximum absolute atomic E-state index is 11.6. The van der Waals surface area contributed by atoms with Crippen molar-refractivity contribution in [1.29, 1.82) is 0 Å². The van der Waals surface area contributed by atoms with Crippen molar-refractivity contribution in [3.05, 3.63) is 29.8 Å². The maximum Gasteiger partial charge on any atom is 0.239 e. The second-order valence-electron chi connectivity index (χ2n) is 4.79. The Labute approximate surface area is 120 Å². The Kier molecular flexibility index (Phi) is 6.56. The average molecular weight is 277 g/mol. The van der Waals surface area contributed by atoms with Crippen molar-refractivity contribution in [1.82, 2.24) is 10.6 Å². The number of nitrogens with one attached hydrogen (secondary N) is 2. The summed E-state index contributed by atoms with van der Waals surface area (Å²) in [5.41, 5.74) is 2.23. The van der Waals surface area contributed by atoms with E-state index in [1.165, 1.54) is 0 Å². The van der Waals surface area contributed by atoms with Crippen molar-refractivity contribution in [2.75, 3.05) is 32.1 Å². The fourth-order valence-corrected chi connectivity index (χ4v) is 1.77. The highest BCUT2D eigenvalue weighted by Crippen LogP contribution is 2.14. The van der Waals surface area contributed by atoms with E-state index in [2.05, 4.69) is 16.7 Å². The van der Waals surface area contributed by atoms with Gasteiger partial charge in [0.2, 0.25) is 11.8 Å². The fourth-order valence-electron chi connectivity index (χ4n) is 1.77. The third-order valence-electron chi connectivity index (χ3n) is 2.89. The lowest BCUT2D eigenvalue weighted by molar-refractivity contribution is -0.126. The Hall–Kier alpha value is -2.04. The van der Waals surface area contributed by atoms with Gasteiger partial charge in [0.05, 0.1) is 6.54 Å². The first kappa shape index (κ1) is 16.0. The molecule has 2 N–H and O–H groups in total. The average Bonchev–Trinajstić information content (AvgIpc) is 2.43. The van der Waals surface area contributed by atoms with Gasteiger partial charge < -0.3 is 15.5 Å². The van der Waals surface area contributed by atoms with Gasteiger partial charge in [-0.2, -0.15) is 0 Å². The van der Waals surface area contributed by atoms with Crippen molar-refractivity contribution < 1.29 is 9.59 Å². The van der Waals surface area contributed by atoms with E-state index >= 15 is 0 Å². The second-order valence-corrected chi connectivity index (χ2v) is 4.79. The highest BCUT2D eigenvalue weighted by atomic mass is 16.2. The zero-order valence-electron chi connectivity index (χ0n) is 12.4. The van der Waals surface area contributed by atoms with Gasteiger partial charge in [-0.3, -0.25) is 9.59 Å². The van der Waals surface area contributed by atoms with Crippen LogP contribution in [0.1, 0.15) is 18.9 Å². The lowest BCUT2D eigenvalue weighted by atomic mass is 10.1. The highest BCUT2D eigenvalue weighted by molar-refractivity contribution is 5.84. The summed E-state index contributed by atoms with van der Waals surface area (Å²) in [6.45, 7) is 2.47. The van der Waals surface area contributed by atoms with Crippen molar-refractivity contribution in [2.24, 2.45) is 0 Å². The van der Waals surface area contributed by atoms with Crippen LogP contribution in [0.2, 0.25) is 0 Å². The standard InChI is InChI=1S/C15H23N3O2/c1-4-16-15(20)11-17-14(19)9-8-12-6-5-7-13(10-12)18(2)3/h5-7,10H,4,8-9,11H2,1-3H3,(H,16,20)(H,17,19). The molecule has 0 saturated carbocycles. The Morgan fingerprint density at radius 3 is 2.55 bits per heavy atom. The van der Waals surface area contributed by atoms with Crippen LogP contribution in [0.25, 0.3) is 0 Å². The van der Waals surface area contributed by atoms with E-state index in [9.17, 15) is 9.59 Å². The third-order valence-corrected chi connectivity index (χ3v) is 2.89. The first-order chi connectivity index (χ1) is 9.52. The van der Waals surface area contributed by atoms with Crippen molar-refractivity contribution in [3.63, 3.8) is 0 Å². The van der Waals surface area contributed by atoms with Gasteiger partial charge in [-0.15, -0.1) is 0 Å². The number of anilines is 1. The molecule has 0 aliphatic carbocycles. The Morgan fingerprint density at radius 2 is 1.90 bits per heavy atom. The maximum atomic E-state index is 11.6. The van der Waals surface area contributed by atoms with E-state index in [0.29, 0.717) is 19.4 Å².